The van der Waals surface area contributed by atoms with E-state index in [-0.39, 0.29) is 52.0 Å². The van der Waals surface area contributed by atoms with Gasteiger partial charge in [0.25, 0.3) is 0 Å². The molecule has 0 aromatic carbocycles. The largest absolute Gasteiger partial charge is 0.512 e. The summed E-state index contributed by atoms with van der Waals surface area (Å²) in [4.78, 5) is 0. The van der Waals surface area contributed by atoms with Crippen molar-refractivity contribution in [3.63, 3.8) is 0 Å². The maximum absolute atomic E-state index is 12.1. The number of hydrogen-bond acceptors (Lipinski definition) is 7. The Labute approximate surface area is 258 Å². The van der Waals surface area contributed by atoms with Crippen molar-refractivity contribution >= 4 is 0 Å². The van der Waals surface area contributed by atoms with Gasteiger partial charge in [-0.1, -0.05) is 59.8 Å². The third-order valence-electron chi connectivity index (χ3n) is 15.3. The van der Waals surface area contributed by atoms with Crippen molar-refractivity contribution in [2.45, 2.75) is 143 Å². The summed E-state index contributed by atoms with van der Waals surface area (Å²) in [6.45, 7) is 20.3. The van der Waals surface area contributed by atoms with Crippen molar-refractivity contribution < 1.29 is 35.0 Å². The van der Waals surface area contributed by atoms with Crippen molar-refractivity contribution in [1.29, 1.82) is 0 Å². The normalized spacial score (nSPS) is 56.1. The molecule has 244 valence electrons. The van der Waals surface area contributed by atoms with Crippen LogP contribution < -0.4 is 0 Å². The molecule has 43 heavy (non-hydrogen) atoms. The summed E-state index contributed by atoms with van der Waals surface area (Å²) < 4.78 is 12.1. The molecule has 1 unspecified atom stereocenters. The van der Waals surface area contributed by atoms with Crippen LogP contribution in [0.25, 0.3) is 0 Å². The van der Waals surface area contributed by atoms with E-state index in [1.54, 1.807) is 0 Å². The molecular weight excluding hydrogens is 544 g/mol. The summed E-state index contributed by atoms with van der Waals surface area (Å²) in [5, 5.41) is 54.0. The topological polar surface area (TPSA) is 120 Å². The summed E-state index contributed by atoms with van der Waals surface area (Å²) in [5.74, 6) is 1.16. The van der Waals surface area contributed by atoms with Crippen molar-refractivity contribution in [1.82, 2.24) is 0 Å². The van der Waals surface area contributed by atoms with E-state index < -0.39 is 35.6 Å². The van der Waals surface area contributed by atoms with Crippen LogP contribution in [0.15, 0.2) is 24.0 Å². The van der Waals surface area contributed by atoms with E-state index >= 15 is 0 Å². The van der Waals surface area contributed by atoms with E-state index in [2.05, 4.69) is 54.2 Å². The Hall–Kier alpha value is -0.960. The third kappa shape index (κ3) is 4.13. The van der Waals surface area contributed by atoms with Gasteiger partial charge >= 0.3 is 0 Å². The molecule has 0 aromatic heterocycles. The first-order valence-corrected chi connectivity index (χ1v) is 17.0. The number of hydrogen-bond donors (Lipinski definition) is 5. The Balaban J connectivity index is 1.33. The molecule has 6 aliphatic rings. The van der Waals surface area contributed by atoms with Gasteiger partial charge < -0.3 is 35.0 Å². The lowest BCUT2D eigenvalue weighted by molar-refractivity contribution is -0.308. The molecule has 7 nitrogen and oxygen atoms in total. The highest BCUT2D eigenvalue weighted by Crippen LogP contribution is 2.76. The second-order valence-corrected chi connectivity index (χ2v) is 17.2. The zero-order chi connectivity index (χ0) is 31.5. The van der Waals surface area contributed by atoms with Gasteiger partial charge in [0.15, 0.2) is 6.29 Å². The molecule has 4 saturated carbocycles. The molecule has 1 saturated heterocycles. The van der Waals surface area contributed by atoms with Gasteiger partial charge in [-0.3, -0.25) is 0 Å². The fraction of sp³-hybridized carbons (Fsp3) is 0.889. The van der Waals surface area contributed by atoms with E-state index in [0.29, 0.717) is 11.8 Å². The number of fused-ring (bicyclic) bond motifs is 7. The first-order valence-electron chi connectivity index (χ1n) is 17.0. The van der Waals surface area contributed by atoms with E-state index in [9.17, 15) is 25.5 Å². The predicted octanol–water partition coefficient (Wildman–Crippen LogP) is 5.65. The Morgan fingerprint density at radius 1 is 0.907 bits per heavy atom. The summed E-state index contributed by atoms with van der Waals surface area (Å²) >= 11 is 0. The lowest BCUT2D eigenvalue weighted by Gasteiger charge is -2.72. The van der Waals surface area contributed by atoms with Crippen LogP contribution in [-0.4, -0.2) is 68.4 Å². The number of aliphatic hydroxyl groups excluding tert-OH is 4. The van der Waals surface area contributed by atoms with Crippen molar-refractivity contribution in [3.05, 3.63) is 24.0 Å². The van der Waals surface area contributed by atoms with Gasteiger partial charge in [-0.05, 0) is 104 Å². The zero-order valence-electron chi connectivity index (χ0n) is 27.6. The van der Waals surface area contributed by atoms with E-state index in [1.807, 2.05) is 6.92 Å². The summed E-state index contributed by atoms with van der Waals surface area (Å²) in [6.07, 6.45) is 6.35. The molecule has 0 aromatic rings. The molecule has 1 heterocycles. The molecule has 1 aliphatic heterocycles. The van der Waals surface area contributed by atoms with Gasteiger partial charge in [-0.25, -0.2) is 0 Å². The fourth-order valence-electron chi connectivity index (χ4n) is 12.3. The van der Waals surface area contributed by atoms with Crippen LogP contribution in [0, 0.1) is 50.7 Å². The quantitative estimate of drug-likeness (QED) is 0.161. The highest BCUT2D eigenvalue weighted by Gasteiger charge is 2.70. The van der Waals surface area contributed by atoms with E-state index in [4.69, 9.17) is 9.47 Å². The first-order chi connectivity index (χ1) is 19.9. The molecular formula is C36H58O7. The van der Waals surface area contributed by atoms with Crippen LogP contribution >= 0.6 is 0 Å². The number of allylic oxidation sites excluding steroid dienone is 2. The Bertz CT molecular complexity index is 1160. The van der Waals surface area contributed by atoms with Crippen LogP contribution in [0.1, 0.15) is 106 Å². The van der Waals surface area contributed by atoms with Gasteiger partial charge in [0, 0.05) is 11.3 Å². The first kappa shape index (κ1) is 32.0. The van der Waals surface area contributed by atoms with Crippen LogP contribution in [0.2, 0.25) is 0 Å². The lowest BCUT2D eigenvalue weighted by atomic mass is 9.33. The van der Waals surface area contributed by atoms with Crippen LogP contribution in [0.5, 0.6) is 0 Å². The highest BCUT2D eigenvalue weighted by atomic mass is 16.7. The molecule has 0 spiro atoms. The third-order valence-corrected chi connectivity index (χ3v) is 15.3. The SMILES string of the molecule is C=C(O)[C@]12CC[C@@H](C)[C@@](C)(O)[C@H]1C1=CCC3[C@@]4(C)CC[C@H](O[C@@H]5OC[C@H](O)[C@H](O)[C@H]5O)C(C)(C)[C@@H]4CC[C@@]3(C)[C@]1(C)CC2. The average Bonchev–Trinajstić information content (AvgIpc) is 2.92. The Morgan fingerprint density at radius 2 is 1.60 bits per heavy atom. The minimum Gasteiger partial charge on any atom is -0.512 e. The Morgan fingerprint density at radius 3 is 2.28 bits per heavy atom. The van der Waals surface area contributed by atoms with Crippen molar-refractivity contribution in [2.75, 3.05) is 6.61 Å². The number of aliphatic hydroxyl groups is 5. The second-order valence-electron chi connectivity index (χ2n) is 17.2. The summed E-state index contributed by atoms with van der Waals surface area (Å²) in [7, 11) is 0. The maximum Gasteiger partial charge on any atom is 0.186 e. The summed E-state index contributed by atoms with van der Waals surface area (Å²) in [5.41, 5.74) is -0.125. The molecule has 7 heteroatoms. The zero-order valence-corrected chi connectivity index (χ0v) is 27.6. The maximum atomic E-state index is 12.1. The molecule has 0 radical (unpaired) electrons. The minimum atomic E-state index is -1.28. The monoisotopic (exact) mass is 602 g/mol. The number of ether oxygens (including phenoxy) is 2. The predicted molar refractivity (Wildman–Crippen MR) is 165 cm³/mol. The molecule has 14 atom stereocenters. The molecule has 0 bridgehead atoms. The van der Waals surface area contributed by atoms with Gasteiger partial charge in [0.2, 0.25) is 0 Å². The lowest BCUT2D eigenvalue weighted by Crippen LogP contribution is -2.67. The number of rotatable bonds is 3. The highest BCUT2D eigenvalue weighted by molar-refractivity contribution is 5.38. The van der Waals surface area contributed by atoms with Gasteiger partial charge in [-0.15, -0.1) is 0 Å². The van der Waals surface area contributed by atoms with Crippen molar-refractivity contribution in [3.8, 4) is 0 Å². The van der Waals surface area contributed by atoms with Gasteiger partial charge in [-0.2, -0.15) is 0 Å². The van der Waals surface area contributed by atoms with Crippen LogP contribution in [0.4, 0.5) is 0 Å². The van der Waals surface area contributed by atoms with Crippen LogP contribution in [0.3, 0.4) is 0 Å². The van der Waals surface area contributed by atoms with Gasteiger partial charge in [0.05, 0.1) is 24.1 Å². The average molecular weight is 603 g/mol. The smallest absolute Gasteiger partial charge is 0.186 e. The fourth-order valence-corrected chi connectivity index (χ4v) is 12.3. The summed E-state index contributed by atoms with van der Waals surface area (Å²) in [6, 6.07) is 0. The molecule has 5 N–H and O–H groups in total. The molecule has 5 aliphatic carbocycles. The van der Waals surface area contributed by atoms with E-state index in [1.165, 1.54) is 5.57 Å². The standard InChI is InChI=1S/C36H58O7/c1-20-11-16-36(21(2)37)18-17-33(6)22(29(36)35(20,8)41)9-10-25-32(5)14-13-26(31(3,4)24(32)12-15-34(25,33)7)43-30-28(40)27(39)23(38)19-42-30/h9,20,23-30,37-41H,2,10-19H2,1,3-8H3/t20-,23+,24+,25?,26+,27+,28-,29-,30+,32+,33-,34-,35-,36-/m1/s1. The van der Waals surface area contributed by atoms with Crippen molar-refractivity contribution in [2.24, 2.45) is 50.7 Å². The van der Waals surface area contributed by atoms with E-state index in [0.717, 1.165) is 57.8 Å². The Kier molecular flexibility index (Phi) is 7.46. The molecule has 0 amide bonds. The van der Waals surface area contributed by atoms with Gasteiger partial charge in [0.1, 0.15) is 18.3 Å². The minimum absolute atomic E-state index is 0.0503. The second kappa shape index (κ2) is 10.0. The molecule has 6 rings (SSSR count). The molecule has 5 fully saturated rings. The van der Waals surface area contributed by atoms with Crippen LogP contribution in [-0.2, 0) is 9.47 Å².